The second-order valence-electron chi connectivity index (χ2n) is 15.5. The summed E-state index contributed by atoms with van der Waals surface area (Å²) in [5.74, 6) is -0.358. The number of allylic oxidation sites excluding steroid dienone is 1. The summed E-state index contributed by atoms with van der Waals surface area (Å²) < 4.78 is 26.8. The lowest BCUT2D eigenvalue weighted by Gasteiger charge is -2.59. The van der Waals surface area contributed by atoms with E-state index >= 15 is 0 Å². The lowest BCUT2D eigenvalue weighted by Crippen LogP contribution is -2.70. The standard InChI is InChI=1S/C47H61N3O8/c1-5-24-50(46(53)55-31-34-17-9-8-10-18-34)43-30-41(49-57-7-3)39-28-35(19-11-13-25-51)38(21-12-14-26-52)44-40-29-37(54-32-36-20-15-16-33(4)48-36)22-23-42(40)58-47(43,45(39)44)56-27-6-2/h6,8-10,15-18,20,22-23,28-29,35,38,43-45,51-52H,2,5,7,11-14,19,21,24-27,30-32H2,1,3-4H3/t35-,38+,43-,44+,45+,47+/m0/s1. The minimum absolute atomic E-state index is 0.0961. The fourth-order valence-electron chi connectivity index (χ4n) is 9.14. The largest absolute Gasteiger partial charge is 0.487 e. The molecule has 1 aliphatic heterocycles. The summed E-state index contributed by atoms with van der Waals surface area (Å²) >= 11 is 0. The van der Waals surface area contributed by atoms with Crippen molar-refractivity contribution in [3.8, 4) is 11.5 Å². The number of aryl methyl sites for hydroxylation is 1. The Morgan fingerprint density at radius 3 is 2.53 bits per heavy atom. The number of oxime groups is 1. The number of rotatable bonds is 21. The summed E-state index contributed by atoms with van der Waals surface area (Å²) in [5.41, 5.74) is 5.38. The first-order valence-corrected chi connectivity index (χ1v) is 21.1. The van der Waals surface area contributed by atoms with Crippen LogP contribution in [0.15, 0.2) is 96.2 Å². The molecule has 0 bridgehead atoms. The van der Waals surface area contributed by atoms with E-state index in [1.165, 1.54) is 0 Å². The van der Waals surface area contributed by atoms with Crippen LogP contribution in [0.5, 0.6) is 11.5 Å². The van der Waals surface area contributed by atoms with Gasteiger partial charge in [0.2, 0.25) is 5.79 Å². The number of hydrogen-bond acceptors (Lipinski definition) is 10. The fraction of sp³-hybridized carbons (Fsp3) is 0.511. The molecule has 58 heavy (non-hydrogen) atoms. The highest BCUT2D eigenvalue weighted by Gasteiger charge is 2.65. The molecule has 6 rings (SSSR count). The Morgan fingerprint density at radius 2 is 1.81 bits per heavy atom. The van der Waals surface area contributed by atoms with Crippen LogP contribution in [0.3, 0.4) is 0 Å². The van der Waals surface area contributed by atoms with Crippen LogP contribution in [0.4, 0.5) is 4.79 Å². The average Bonchev–Trinajstić information content (AvgIpc) is 3.24. The molecule has 3 aliphatic rings. The molecule has 1 aromatic heterocycles. The van der Waals surface area contributed by atoms with E-state index in [9.17, 15) is 15.0 Å². The predicted octanol–water partition coefficient (Wildman–Crippen LogP) is 8.67. The van der Waals surface area contributed by atoms with Crippen molar-refractivity contribution in [2.75, 3.05) is 33.0 Å². The van der Waals surface area contributed by atoms with Gasteiger partial charge in [-0.3, -0.25) is 9.88 Å². The van der Waals surface area contributed by atoms with E-state index in [1.807, 2.05) is 81.4 Å². The highest BCUT2D eigenvalue weighted by molar-refractivity contribution is 6.03. The number of ether oxygens (including phenoxy) is 4. The Balaban J connectivity index is 1.52. The molecule has 0 unspecified atom stereocenters. The number of amides is 1. The molecule has 2 aliphatic carbocycles. The van der Waals surface area contributed by atoms with Crippen molar-refractivity contribution in [1.29, 1.82) is 0 Å². The number of aliphatic hydroxyl groups excluding tert-OH is 2. The zero-order valence-electron chi connectivity index (χ0n) is 34.4. The van der Waals surface area contributed by atoms with Gasteiger partial charge in [-0.2, -0.15) is 0 Å². The van der Waals surface area contributed by atoms with E-state index in [4.69, 9.17) is 28.9 Å². The van der Waals surface area contributed by atoms with Gasteiger partial charge in [0, 0.05) is 43.4 Å². The number of aromatic nitrogens is 1. The first-order valence-electron chi connectivity index (χ1n) is 21.1. The number of benzene rings is 2. The number of carbonyl (C=O) groups excluding carboxylic acids is 1. The van der Waals surface area contributed by atoms with Crippen LogP contribution < -0.4 is 9.47 Å². The van der Waals surface area contributed by atoms with E-state index < -0.39 is 23.8 Å². The van der Waals surface area contributed by atoms with Crippen molar-refractivity contribution in [3.63, 3.8) is 0 Å². The summed E-state index contributed by atoms with van der Waals surface area (Å²) in [4.78, 5) is 26.7. The highest BCUT2D eigenvalue weighted by Crippen LogP contribution is 2.62. The number of pyridine rings is 1. The van der Waals surface area contributed by atoms with Gasteiger partial charge >= 0.3 is 6.09 Å². The third kappa shape index (κ3) is 9.76. The lowest BCUT2D eigenvalue weighted by atomic mass is 9.55. The van der Waals surface area contributed by atoms with Gasteiger partial charge in [-0.15, -0.1) is 6.58 Å². The fourth-order valence-corrected chi connectivity index (χ4v) is 9.14. The molecule has 2 aromatic carbocycles. The normalized spacial score (nSPS) is 23.8. The quantitative estimate of drug-likeness (QED) is 0.0618. The van der Waals surface area contributed by atoms with Crippen LogP contribution in [0.25, 0.3) is 0 Å². The van der Waals surface area contributed by atoms with Crippen LogP contribution in [0.1, 0.15) is 93.6 Å². The van der Waals surface area contributed by atoms with Gasteiger partial charge in [0.25, 0.3) is 0 Å². The molecule has 1 fully saturated rings. The SMILES string of the molecule is C=CCO[C@@]12Oc3ccc(OCc4cccc(C)n4)cc3[C@H]3[C@H](CCCCO)[C@@H](CCCCO)C=C(C(=NOCC)C[C@@H]1N(CCC)C(=O)OCc1ccccc1)[C@H]32. The summed E-state index contributed by atoms with van der Waals surface area (Å²) in [6, 6.07) is 20.9. The number of fused-ring (bicyclic) bond motifs is 2. The summed E-state index contributed by atoms with van der Waals surface area (Å²) in [6.07, 6.45) is 9.35. The van der Waals surface area contributed by atoms with Gasteiger partial charge in [0.1, 0.15) is 37.4 Å². The van der Waals surface area contributed by atoms with E-state index in [-0.39, 0.29) is 44.2 Å². The predicted molar refractivity (Wildman–Crippen MR) is 224 cm³/mol. The summed E-state index contributed by atoms with van der Waals surface area (Å²) in [7, 11) is 0. The molecule has 3 aromatic rings. The van der Waals surface area contributed by atoms with Crippen molar-refractivity contribution in [2.45, 2.75) is 103 Å². The molecule has 11 nitrogen and oxygen atoms in total. The van der Waals surface area contributed by atoms with E-state index in [0.29, 0.717) is 56.9 Å². The molecule has 0 radical (unpaired) electrons. The molecule has 2 N–H and O–H groups in total. The molecular weight excluding hydrogens is 735 g/mol. The van der Waals surface area contributed by atoms with Crippen LogP contribution in [0.2, 0.25) is 0 Å². The van der Waals surface area contributed by atoms with Crippen molar-refractivity contribution in [3.05, 3.63) is 114 Å². The maximum Gasteiger partial charge on any atom is 0.410 e. The minimum Gasteiger partial charge on any atom is -0.487 e. The third-order valence-corrected chi connectivity index (χ3v) is 11.6. The number of aliphatic hydroxyl groups is 2. The van der Waals surface area contributed by atoms with Gasteiger partial charge in [-0.1, -0.05) is 73.5 Å². The van der Waals surface area contributed by atoms with Crippen LogP contribution in [0, 0.1) is 24.7 Å². The van der Waals surface area contributed by atoms with Crippen LogP contribution in [-0.2, 0) is 27.5 Å². The minimum atomic E-state index is -1.36. The van der Waals surface area contributed by atoms with E-state index in [0.717, 1.165) is 59.5 Å². The smallest absolute Gasteiger partial charge is 0.410 e. The van der Waals surface area contributed by atoms with Crippen LogP contribution in [-0.4, -0.2) is 76.7 Å². The Bertz CT molecular complexity index is 1870. The molecule has 6 atom stereocenters. The van der Waals surface area contributed by atoms with Gasteiger partial charge in [-0.25, -0.2) is 4.79 Å². The van der Waals surface area contributed by atoms with Gasteiger partial charge in [0.15, 0.2) is 0 Å². The lowest BCUT2D eigenvalue weighted by molar-refractivity contribution is -0.255. The van der Waals surface area contributed by atoms with Crippen molar-refractivity contribution < 1.29 is 38.8 Å². The summed E-state index contributed by atoms with van der Waals surface area (Å²) in [6.45, 7) is 11.6. The first-order chi connectivity index (χ1) is 28.4. The van der Waals surface area contributed by atoms with E-state index in [1.54, 1.807) is 11.0 Å². The molecule has 312 valence electrons. The molecular formula is C47H61N3O8. The summed E-state index contributed by atoms with van der Waals surface area (Å²) in [5, 5.41) is 24.5. The maximum atomic E-state index is 14.4. The van der Waals surface area contributed by atoms with Gasteiger partial charge in [0.05, 0.1) is 23.9 Å². The number of nitrogens with zero attached hydrogens (tertiary/aromatic N) is 3. The van der Waals surface area contributed by atoms with Crippen molar-refractivity contribution in [2.24, 2.45) is 22.9 Å². The topological polar surface area (TPSA) is 132 Å². The Morgan fingerprint density at radius 1 is 1.02 bits per heavy atom. The van der Waals surface area contributed by atoms with Gasteiger partial charge in [-0.05, 0) is 99.3 Å². The van der Waals surface area contributed by atoms with Crippen LogP contribution >= 0.6 is 0 Å². The zero-order valence-corrected chi connectivity index (χ0v) is 34.4. The highest BCUT2D eigenvalue weighted by atomic mass is 16.7. The van der Waals surface area contributed by atoms with Crippen molar-refractivity contribution in [1.82, 2.24) is 9.88 Å². The van der Waals surface area contributed by atoms with E-state index in [2.05, 4.69) is 23.7 Å². The second-order valence-corrected chi connectivity index (χ2v) is 15.5. The number of hydrogen-bond donors (Lipinski definition) is 2. The first kappa shape index (κ1) is 42.9. The van der Waals surface area contributed by atoms with Gasteiger partial charge < -0.3 is 34.0 Å². The maximum absolute atomic E-state index is 14.4. The molecule has 1 saturated carbocycles. The second kappa shape index (κ2) is 20.8. The molecule has 2 heterocycles. The molecule has 1 amide bonds. The number of carbonyl (C=O) groups is 1. The Hall–Kier alpha value is -4.71. The van der Waals surface area contributed by atoms with Crippen molar-refractivity contribution >= 4 is 11.8 Å². The Kier molecular flexibility index (Phi) is 15.4. The monoisotopic (exact) mass is 795 g/mol. The average molecular weight is 796 g/mol. The number of unbranched alkanes of at least 4 members (excludes halogenated alkanes) is 2. The molecule has 11 heteroatoms. The zero-order chi connectivity index (χ0) is 40.9. The third-order valence-electron chi connectivity index (χ3n) is 11.6. The molecule has 0 saturated heterocycles. The molecule has 0 spiro atoms. The Labute approximate surface area is 343 Å².